The van der Waals surface area contributed by atoms with Gasteiger partial charge < -0.3 is 15.0 Å². The van der Waals surface area contributed by atoms with Crippen LogP contribution < -0.4 is 10.1 Å². The van der Waals surface area contributed by atoms with Gasteiger partial charge in [0.15, 0.2) is 0 Å². The van der Waals surface area contributed by atoms with E-state index in [1.54, 1.807) is 31.7 Å². The molecule has 1 spiro atoms. The number of nitrogens with zero attached hydrogens (tertiary/aromatic N) is 3. The van der Waals surface area contributed by atoms with Gasteiger partial charge in [0, 0.05) is 49.7 Å². The summed E-state index contributed by atoms with van der Waals surface area (Å²) in [5.41, 5.74) is 0.398. The topological polar surface area (TPSA) is 82.2 Å². The standard InChI is InChI=1S/C19H27ClN4O4S/c1-14-5-7-23(8-6-14)29(26,27)24-12-19(13-24)10-22(11-19)18(25)21-16-9-15(20)3-4-17(16)28-2/h3-4,9,14H,5-8,10-13H2,1-2H3,(H,21,25). The molecule has 29 heavy (non-hydrogen) atoms. The molecular formula is C19H27ClN4O4S. The van der Waals surface area contributed by atoms with Crippen LogP contribution in [0.25, 0.3) is 0 Å². The molecule has 3 aliphatic heterocycles. The fourth-order valence-corrected chi connectivity index (χ4v) is 6.37. The number of nitrogens with one attached hydrogen (secondary N) is 1. The summed E-state index contributed by atoms with van der Waals surface area (Å²) in [4.78, 5) is 14.2. The highest BCUT2D eigenvalue weighted by molar-refractivity contribution is 7.86. The maximum atomic E-state index is 12.8. The monoisotopic (exact) mass is 442 g/mol. The Labute approximate surface area is 176 Å². The number of carbonyl (C=O) groups excluding carboxylic acids is 1. The lowest BCUT2D eigenvalue weighted by Crippen LogP contribution is -2.74. The van der Waals surface area contributed by atoms with E-state index in [4.69, 9.17) is 16.3 Å². The number of amides is 2. The van der Waals surface area contributed by atoms with E-state index in [1.165, 1.54) is 7.11 Å². The average Bonchev–Trinajstić information content (AvgIpc) is 2.59. The fourth-order valence-electron chi connectivity index (χ4n) is 4.32. The molecule has 3 heterocycles. The number of hydrogen-bond donors (Lipinski definition) is 1. The van der Waals surface area contributed by atoms with Crippen LogP contribution in [0, 0.1) is 11.3 Å². The summed E-state index contributed by atoms with van der Waals surface area (Å²) in [6.45, 7) is 5.41. The van der Waals surface area contributed by atoms with Gasteiger partial charge in [-0.2, -0.15) is 17.0 Å². The van der Waals surface area contributed by atoms with Crippen LogP contribution in [0.2, 0.25) is 5.02 Å². The molecule has 10 heteroatoms. The third-order valence-electron chi connectivity index (χ3n) is 6.16. The number of methoxy groups -OCH3 is 1. The Morgan fingerprint density at radius 1 is 1.17 bits per heavy atom. The van der Waals surface area contributed by atoms with E-state index >= 15 is 0 Å². The molecule has 0 radical (unpaired) electrons. The summed E-state index contributed by atoms with van der Waals surface area (Å²) in [5.74, 6) is 1.12. The number of carbonyl (C=O) groups is 1. The molecule has 3 aliphatic rings. The fraction of sp³-hybridized carbons (Fsp3) is 0.632. The van der Waals surface area contributed by atoms with Gasteiger partial charge in [0.25, 0.3) is 10.2 Å². The number of ether oxygens (including phenoxy) is 1. The molecule has 3 saturated heterocycles. The van der Waals surface area contributed by atoms with Crippen LogP contribution >= 0.6 is 11.6 Å². The Morgan fingerprint density at radius 3 is 2.45 bits per heavy atom. The SMILES string of the molecule is COc1ccc(Cl)cc1NC(=O)N1CC2(C1)CN(S(=O)(=O)N1CCC(C)CC1)C2. The second kappa shape index (κ2) is 7.61. The Bertz CT molecular complexity index is 887. The van der Waals surface area contributed by atoms with Crippen molar-refractivity contribution >= 4 is 33.5 Å². The summed E-state index contributed by atoms with van der Waals surface area (Å²) in [6, 6.07) is 4.81. The maximum Gasteiger partial charge on any atom is 0.321 e. The molecule has 2 amide bonds. The Morgan fingerprint density at radius 2 is 1.83 bits per heavy atom. The number of likely N-dealkylation sites (tertiary alicyclic amines) is 1. The molecule has 0 bridgehead atoms. The van der Waals surface area contributed by atoms with E-state index in [2.05, 4.69) is 12.2 Å². The van der Waals surface area contributed by atoms with E-state index in [-0.39, 0.29) is 11.4 Å². The second-order valence-electron chi connectivity index (χ2n) is 8.49. The second-order valence-corrected chi connectivity index (χ2v) is 10.9. The zero-order valence-corrected chi connectivity index (χ0v) is 18.3. The molecule has 1 aromatic carbocycles. The van der Waals surface area contributed by atoms with Crippen LogP contribution in [0.1, 0.15) is 19.8 Å². The normalized spacial score (nSPS) is 22.8. The minimum Gasteiger partial charge on any atom is -0.495 e. The minimum atomic E-state index is -3.38. The molecule has 0 aromatic heterocycles. The number of anilines is 1. The lowest BCUT2D eigenvalue weighted by Gasteiger charge is -2.59. The van der Waals surface area contributed by atoms with Crippen molar-refractivity contribution < 1.29 is 17.9 Å². The van der Waals surface area contributed by atoms with Crippen molar-refractivity contribution in [2.75, 3.05) is 51.7 Å². The summed E-state index contributed by atoms with van der Waals surface area (Å²) in [6.07, 6.45) is 1.83. The molecular weight excluding hydrogens is 416 g/mol. The van der Waals surface area contributed by atoms with Crippen molar-refractivity contribution in [3.63, 3.8) is 0 Å². The van der Waals surface area contributed by atoms with E-state index < -0.39 is 10.2 Å². The Balaban J connectivity index is 1.30. The molecule has 0 aliphatic carbocycles. The molecule has 1 N–H and O–H groups in total. The smallest absolute Gasteiger partial charge is 0.321 e. The summed E-state index contributed by atoms with van der Waals surface area (Å²) < 4.78 is 34.0. The first-order valence-electron chi connectivity index (χ1n) is 9.87. The van der Waals surface area contributed by atoms with Crippen LogP contribution in [0.4, 0.5) is 10.5 Å². The Kier molecular flexibility index (Phi) is 5.43. The maximum absolute atomic E-state index is 12.8. The molecule has 1 aromatic rings. The third kappa shape index (κ3) is 3.93. The minimum absolute atomic E-state index is 0.119. The first-order valence-corrected chi connectivity index (χ1v) is 11.6. The van der Waals surface area contributed by atoms with Crippen LogP contribution in [0.3, 0.4) is 0 Å². The van der Waals surface area contributed by atoms with Gasteiger partial charge in [-0.1, -0.05) is 18.5 Å². The predicted molar refractivity (Wildman–Crippen MR) is 111 cm³/mol. The predicted octanol–water partition coefficient (Wildman–Crippen LogP) is 2.47. The van der Waals surface area contributed by atoms with Crippen molar-refractivity contribution in [1.29, 1.82) is 0 Å². The number of benzene rings is 1. The number of halogens is 1. The van der Waals surface area contributed by atoms with Gasteiger partial charge in [-0.05, 0) is 37.0 Å². The van der Waals surface area contributed by atoms with Crippen LogP contribution in [0.5, 0.6) is 5.75 Å². The van der Waals surface area contributed by atoms with Crippen molar-refractivity contribution in [3.8, 4) is 5.75 Å². The van der Waals surface area contributed by atoms with Crippen LogP contribution in [-0.2, 0) is 10.2 Å². The molecule has 0 atom stereocenters. The van der Waals surface area contributed by atoms with Crippen LogP contribution in [0.15, 0.2) is 18.2 Å². The van der Waals surface area contributed by atoms with Gasteiger partial charge in [0.05, 0.1) is 12.8 Å². The molecule has 160 valence electrons. The highest BCUT2D eigenvalue weighted by Gasteiger charge is 2.57. The van der Waals surface area contributed by atoms with E-state index in [9.17, 15) is 13.2 Å². The van der Waals surface area contributed by atoms with Gasteiger partial charge >= 0.3 is 6.03 Å². The van der Waals surface area contributed by atoms with E-state index in [0.717, 1.165) is 12.8 Å². The summed E-state index contributed by atoms with van der Waals surface area (Å²) >= 11 is 6.01. The number of rotatable bonds is 4. The Hall–Kier alpha value is -1.55. The zero-order valence-electron chi connectivity index (χ0n) is 16.7. The molecule has 0 unspecified atom stereocenters. The average molecular weight is 443 g/mol. The highest BCUT2D eigenvalue weighted by Crippen LogP contribution is 2.42. The quantitative estimate of drug-likeness (QED) is 0.776. The van der Waals surface area contributed by atoms with Crippen molar-refractivity contribution in [2.24, 2.45) is 11.3 Å². The van der Waals surface area contributed by atoms with Gasteiger partial charge in [0.2, 0.25) is 0 Å². The lowest BCUT2D eigenvalue weighted by molar-refractivity contribution is -0.0565. The summed E-state index contributed by atoms with van der Waals surface area (Å²) in [5, 5.41) is 3.33. The van der Waals surface area contributed by atoms with Gasteiger partial charge in [0.1, 0.15) is 5.75 Å². The van der Waals surface area contributed by atoms with Gasteiger partial charge in [-0.25, -0.2) is 4.79 Å². The van der Waals surface area contributed by atoms with Gasteiger partial charge in [-0.3, -0.25) is 0 Å². The van der Waals surface area contributed by atoms with Crippen LogP contribution in [-0.4, -0.2) is 74.3 Å². The highest BCUT2D eigenvalue weighted by atomic mass is 35.5. The van der Waals surface area contributed by atoms with E-state index in [0.29, 0.717) is 61.6 Å². The van der Waals surface area contributed by atoms with Crippen molar-refractivity contribution in [3.05, 3.63) is 23.2 Å². The first-order chi connectivity index (χ1) is 13.7. The zero-order chi connectivity index (χ0) is 20.8. The van der Waals surface area contributed by atoms with Crippen molar-refractivity contribution in [2.45, 2.75) is 19.8 Å². The molecule has 4 rings (SSSR count). The largest absolute Gasteiger partial charge is 0.495 e. The molecule has 8 nitrogen and oxygen atoms in total. The number of urea groups is 1. The molecule has 3 fully saturated rings. The lowest BCUT2D eigenvalue weighted by atomic mass is 9.74. The molecule has 0 saturated carbocycles. The van der Waals surface area contributed by atoms with Gasteiger partial charge in [-0.15, -0.1) is 0 Å². The first kappa shape index (κ1) is 20.7. The van der Waals surface area contributed by atoms with E-state index in [1.807, 2.05) is 0 Å². The number of hydrogen-bond acceptors (Lipinski definition) is 4. The number of piperidine rings is 1. The summed E-state index contributed by atoms with van der Waals surface area (Å²) in [7, 11) is -1.85. The third-order valence-corrected chi connectivity index (χ3v) is 8.33. The van der Waals surface area contributed by atoms with Crippen molar-refractivity contribution in [1.82, 2.24) is 13.5 Å².